The van der Waals surface area contributed by atoms with E-state index in [1.807, 2.05) is 0 Å². The molecule has 0 aliphatic carbocycles. The summed E-state index contributed by atoms with van der Waals surface area (Å²) in [7, 11) is 0. The summed E-state index contributed by atoms with van der Waals surface area (Å²) in [4.78, 5) is 31.4. The fourth-order valence-corrected chi connectivity index (χ4v) is 2.57. The second-order valence-electron chi connectivity index (χ2n) is 3.99. The lowest BCUT2D eigenvalue weighted by Gasteiger charge is -2.13. The molecule has 0 aromatic carbocycles. The molecule has 0 spiro atoms. The summed E-state index contributed by atoms with van der Waals surface area (Å²) in [5.74, 6) is -1.58. The van der Waals surface area contributed by atoms with Crippen molar-refractivity contribution >= 4 is 39.3 Å². The summed E-state index contributed by atoms with van der Waals surface area (Å²) in [5, 5.41) is 22.6. The molecule has 0 saturated heterocycles. The van der Waals surface area contributed by atoms with Gasteiger partial charge in [0.2, 0.25) is 0 Å². The SMILES string of the molecule is CCOC(=O)c1csc2ncnc(NC(CO)C(=O)O)c12. The highest BCUT2D eigenvalue weighted by Crippen LogP contribution is 2.30. The van der Waals surface area contributed by atoms with Crippen molar-refractivity contribution in [3.63, 3.8) is 0 Å². The molecule has 8 nitrogen and oxygen atoms in total. The second-order valence-corrected chi connectivity index (χ2v) is 4.85. The van der Waals surface area contributed by atoms with E-state index >= 15 is 0 Å². The van der Waals surface area contributed by atoms with Gasteiger partial charge in [-0.3, -0.25) is 0 Å². The Labute approximate surface area is 123 Å². The predicted molar refractivity (Wildman–Crippen MR) is 75.5 cm³/mol. The molecule has 112 valence electrons. The Morgan fingerprint density at radius 2 is 2.24 bits per heavy atom. The van der Waals surface area contributed by atoms with Crippen molar-refractivity contribution < 1.29 is 24.5 Å². The molecule has 1 atom stereocenters. The van der Waals surface area contributed by atoms with Gasteiger partial charge in [-0.2, -0.15) is 0 Å². The third-order valence-corrected chi connectivity index (χ3v) is 3.54. The molecule has 21 heavy (non-hydrogen) atoms. The van der Waals surface area contributed by atoms with Crippen LogP contribution in [0.25, 0.3) is 10.2 Å². The molecule has 2 rings (SSSR count). The number of anilines is 1. The number of carbonyl (C=O) groups excluding carboxylic acids is 1. The van der Waals surface area contributed by atoms with Gasteiger partial charge in [0, 0.05) is 5.38 Å². The van der Waals surface area contributed by atoms with Gasteiger partial charge in [-0.05, 0) is 6.92 Å². The van der Waals surface area contributed by atoms with Gasteiger partial charge >= 0.3 is 11.9 Å². The number of fused-ring (bicyclic) bond motifs is 1. The molecule has 0 saturated carbocycles. The second kappa shape index (κ2) is 6.46. The lowest BCUT2D eigenvalue weighted by atomic mass is 10.2. The van der Waals surface area contributed by atoms with Crippen LogP contribution in [0.1, 0.15) is 17.3 Å². The number of rotatable bonds is 6. The van der Waals surface area contributed by atoms with E-state index in [0.717, 1.165) is 0 Å². The Bertz CT molecular complexity index is 672. The van der Waals surface area contributed by atoms with Crippen LogP contribution in [-0.2, 0) is 9.53 Å². The van der Waals surface area contributed by atoms with Gasteiger partial charge in [0.1, 0.15) is 23.0 Å². The van der Waals surface area contributed by atoms with Crippen molar-refractivity contribution in [3.05, 3.63) is 17.3 Å². The minimum absolute atomic E-state index is 0.172. The molecule has 0 bridgehead atoms. The maximum atomic E-state index is 11.9. The Morgan fingerprint density at radius 3 is 2.86 bits per heavy atom. The van der Waals surface area contributed by atoms with Crippen molar-refractivity contribution in [3.8, 4) is 0 Å². The zero-order chi connectivity index (χ0) is 15.4. The zero-order valence-corrected chi connectivity index (χ0v) is 11.9. The topological polar surface area (TPSA) is 122 Å². The lowest BCUT2D eigenvalue weighted by Crippen LogP contribution is -2.33. The summed E-state index contributed by atoms with van der Waals surface area (Å²) in [6, 6.07) is -1.22. The maximum absolute atomic E-state index is 11.9. The first-order chi connectivity index (χ1) is 10.1. The van der Waals surface area contributed by atoms with Crippen LogP contribution >= 0.6 is 11.3 Å². The minimum Gasteiger partial charge on any atom is -0.480 e. The van der Waals surface area contributed by atoms with Gasteiger partial charge < -0.3 is 20.3 Å². The van der Waals surface area contributed by atoms with E-state index in [-0.39, 0.29) is 18.0 Å². The minimum atomic E-state index is -1.22. The molecule has 2 heterocycles. The van der Waals surface area contributed by atoms with Gasteiger partial charge in [-0.15, -0.1) is 11.3 Å². The van der Waals surface area contributed by atoms with E-state index in [2.05, 4.69) is 15.3 Å². The summed E-state index contributed by atoms with van der Waals surface area (Å²) in [5.41, 5.74) is 0.266. The van der Waals surface area contributed by atoms with E-state index in [0.29, 0.717) is 10.2 Å². The van der Waals surface area contributed by atoms with Crippen molar-refractivity contribution in [2.75, 3.05) is 18.5 Å². The normalized spacial score (nSPS) is 12.1. The van der Waals surface area contributed by atoms with Crippen LogP contribution in [0.15, 0.2) is 11.7 Å². The fraction of sp³-hybridized carbons (Fsp3) is 0.333. The number of aromatic nitrogens is 2. The summed E-state index contributed by atoms with van der Waals surface area (Å²) < 4.78 is 4.95. The first kappa shape index (κ1) is 15.1. The number of aliphatic carboxylic acids is 1. The molecular formula is C12H13N3O5S. The summed E-state index contributed by atoms with van der Waals surface area (Å²) >= 11 is 1.22. The number of carboxylic acids is 1. The lowest BCUT2D eigenvalue weighted by molar-refractivity contribution is -0.138. The van der Waals surface area contributed by atoms with Crippen molar-refractivity contribution in [2.45, 2.75) is 13.0 Å². The first-order valence-electron chi connectivity index (χ1n) is 6.08. The average molecular weight is 311 g/mol. The quantitative estimate of drug-likeness (QED) is 0.667. The predicted octanol–water partition coefficient (Wildman–Crippen LogP) is 0.725. The number of hydrogen-bond acceptors (Lipinski definition) is 8. The largest absolute Gasteiger partial charge is 0.480 e. The third-order valence-electron chi connectivity index (χ3n) is 2.66. The average Bonchev–Trinajstić information content (AvgIpc) is 2.89. The van der Waals surface area contributed by atoms with Crippen molar-refractivity contribution in [1.82, 2.24) is 9.97 Å². The van der Waals surface area contributed by atoms with Crippen LogP contribution in [0.3, 0.4) is 0 Å². The fourth-order valence-electron chi connectivity index (χ4n) is 1.69. The number of hydrogen-bond donors (Lipinski definition) is 3. The van der Waals surface area contributed by atoms with Crippen LogP contribution < -0.4 is 5.32 Å². The van der Waals surface area contributed by atoms with Crippen LogP contribution in [-0.4, -0.2) is 51.4 Å². The highest BCUT2D eigenvalue weighted by atomic mass is 32.1. The van der Waals surface area contributed by atoms with Crippen molar-refractivity contribution in [1.29, 1.82) is 0 Å². The zero-order valence-electron chi connectivity index (χ0n) is 11.1. The van der Waals surface area contributed by atoms with Crippen LogP contribution in [0.5, 0.6) is 0 Å². The number of nitrogens with zero attached hydrogens (tertiary/aromatic N) is 2. The molecule has 0 amide bonds. The molecule has 2 aromatic rings. The molecule has 0 fully saturated rings. The van der Waals surface area contributed by atoms with E-state index < -0.39 is 24.6 Å². The molecule has 9 heteroatoms. The first-order valence-corrected chi connectivity index (χ1v) is 6.96. The number of carbonyl (C=O) groups is 2. The van der Waals surface area contributed by atoms with E-state index in [9.17, 15) is 9.59 Å². The summed E-state index contributed by atoms with van der Waals surface area (Å²) in [6.45, 7) is 1.30. The monoisotopic (exact) mass is 311 g/mol. The van der Waals surface area contributed by atoms with E-state index in [1.54, 1.807) is 12.3 Å². The van der Waals surface area contributed by atoms with Gasteiger partial charge in [-0.25, -0.2) is 19.6 Å². The smallest absolute Gasteiger partial charge is 0.339 e. The number of aliphatic hydroxyl groups is 1. The molecule has 3 N–H and O–H groups in total. The Balaban J connectivity index is 2.46. The number of carboxylic acid groups (broad SMARTS) is 1. The highest BCUT2D eigenvalue weighted by Gasteiger charge is 2.22. The number of aliphatic hydroxyl groups excluding tert-OH is 1. The Kier molecular flexibility index (Phi) is 4.66. The molecule has 0 aliphatic rings. The Hall–Kier alpha value is -2.26. The van der Waals surface area contributed by atoms with Gasteiger partial charge in [0.05, 0.1) is 24.2 Å². The highest BCUT2D eigenvalue weighted by molar-refractivity contribution is 7.17. The number of ether oxygens (including phenoxy) is 1. The van der Waals surface area contributed by atoms with Gasteiger partial charge in [-0.1, -0.05) is 0 Å². The van der Waals surface area contributed by atoms with Crippen LogP contribution in [0, 0.1) is 0 Å². The van der Waals surface area contributed by atoms with E-state index in [1.165, 1.54) is 17.7 Å². The standard InChI is InChI=1S/C12H13N3O5S/c1-2-20-12(19)6-4-21-10-8(6)9(13-5-14-10)15-7(3-16)11(17)18/h4-5,7,16H,2-3H2,1H3,(H,17,18)(H,13,14,15). The summed E-state index contributed by atoms with van der Waals surface area (Å²) in [6.07, 6.45) is 1.26. The number of esters is 1. The van der Waals surface area contributed by atoms with Gasteiger partial charge in [0.25, 0.3) is 0 Å². The Morgan fingerprint density at radius 1 is 1.48 bits per heavy atom. The molecule has 1 unspecified atom stereocenters. The molecule has 2 aromatic heterocycles. The van der Waals surface area contributed by atoms with Crippen LogP contribution in [0.4, 0.5) is 5.82 Å². The van der Waals surface area contributed by atoms with E-state index in [4.69, 9.17) is 14.9 Å². The van der Waals surface area contributed by atoms with Crippen LogP contribution in [0.2, 0.25) is 0 Å². The number of nitrogens with one attached hydrogen (secondary N) is 1. The number of thiophene rings is 1. The van der Waals surface area contributed by atoms with Crippen molar-refractivity contribution in [2.24, 2.45) is 0 Å². The molecular weight excluding hydrogens is 298 g/mol. The molecule has 0 aliphatic heterocycles. The third kappa shape index (κ3) is 3.09. The molecule has 0 radical (unpaired) electrons. The maximum Gasteiger partial charge on any atom is 0.339 e. The van der Waals surface area contributed by atoms with Gasteiger partial charge in [0.15, 0.2) is 0 Å².